The van der Waals surface area contributed by atoms with E-state index in [0.29, 0.717) is 31.5 Å². The van der Waals surface area contributed by atoms with Crippen molar-refractivity contribution in [3.63, 3.8) is 0 Å². The molecule has 0 bridgehead atoms. The van der Waals surface area contributed by atoms with Crippen molar-refractivity contribution in [2.24, 2.45) is 10.4 Å². The molecule has 0 radical (unpaired) electrons. The highest BCUT2D eigenvalue weighted by Crippen LogP contribution is 2.38. The zero-order chi connectivity index (χ0) is 20.8. The lowest BCUT2D eigenvalue weighted by Gasteiger charge is -2.34. The zero-order valence-electron chi connectivity index (χ0n) is 18.3. The first-order chi connectivity index (χ1) is 14.7. The van der Waals surface area contributed by atoms with E-state index in [0.717, 1.165) is 70.7 Å². The van der Waals surface area contributed by atoms with Crippen LogP contribution in [0.25, 0.3) is 0 Å². The highest BCUT2D eigenvalue weighted by atomic mass is 127. The van der Waals surface area contributed by atoms with Crippen LogP contribution in [-0.2, 0) is 9.53 Å². The fourth-order valence-electron chi connectivity index (χ4n) is 4.54. The Morgan fingerprint density at radius 1 is 1.16 bits per heavy atom. The minimum atomic E-state index is 0. The summed E-state index contributed by atoms with van der Waals surface area (Å²) in [5, 5.41) is 3.40. The number of aliphatic imine (C=N–C) groups is 1. The summed E-state index contributed by atoms with van der Waals surface area (Å²) in [7, 11) is 0. The molecule has 1 atom stereocenters. The van der Waals surface area contributed by atoms with Crippen molar-refractivity contribution < 1.29 is 9.53 Å². The van der Waals surface area contributed by atoms with Gasteiger partial charge in [0.05, 0.1) is 13.2 Å². The predicted molar refractivity (Wildman–Crippen MR) is 131 cm³/mol. The quantitative estimate of drug-likeness (QED) is 0.340. The number of anilines is 1. The van der Waals surface area contributed by atoms with Gasteiger partial charge in [-0.15, -0.1) is 24.0 Å². The lowest BCUT2D eigenvalue weighted by atomic mass is 9.87. The predicted octanol–water partition coefficient (Wildman–Crippen LogP) is 1.21. The summed E-state index contributed by atoms with van der Waals surface area (Å²) in [6.45, 7) is 10.1. The molecule has 1 spiro atoms. The number of nitrogens with zero attached hydrogens (tertiary/aromatic N) is 6. The van der Waals surface area contributed by atoms with Crippen molar-refractivity contribution in [1.29, 1.82) is 0 Å². The van der Waals surface area contributed by atoms with E-state index in [2.05, 4.69) is 32.0 Å². The molecule has 0 saturated carbocycles. The number of ether oxygens (including phenoxy) is 1. The number of carbonyl (C=O) groups excluding carboxylic acids is 1. The van der Waals surface area contributed by atoms with Gasteiger partial charge < -0.3 is 24.8 Å². The molecule has 4 rings (SSSR count). The largest absolute Gasteiger partial charge is 0.381 e. The maximum absolute atomic E-state index is 12.7. The average Bonchev–Trinajstić information content (AvgIpc) is 3.43. The Hall–Kier alpha value is -1.69. The van der Waals surface area contributed by atoms with Gasteiger partial charge in [-0.05, 0) is 25.8 Å². The second kappa shape index (κ2) is 11.3. The van der Waals surface area contributed by atoms with Crippen molar-refractivity contribution in [3.8, 4) is 0 Å². The van der Waals surface area contributed by atoms with E-state index in [-0.39, 0.29) is 29.9 Å². The van der Waals surface area contributed by atoms with Crippen LogP contribution in [0, 0.1) is 5.41 Å². The van der Waals surface area contributed by atoms with Crippen LogP contribution in [0.5, 0.6) is 0 Å². The highest BCUT2D eigenvalue weighted by molar-refractivity contribution is 14.0. The van der Waals surface area contributed by atoms with Crippen molar-refractivity contribution in [1.82, 2.24) is 25.1 Å². The third-order valence-corrected chi connectivity index (χ3v) is 6.31. The molecule has 172 valence electrons. The smallest absolute Gasteiger partial charge is 0.225 e. The molecule has 1 aromatic rings. The van der Waals surface area contributed by atoms with E-state index in [1.54, 1.807) is 12.4 Å². The van der Waals surface area contributed by atoms with Crippen LogP contribution in [0.4, 0.5) is 5.95 Å². The minimum absolute atomic E-state index is 0. The van der Waals surface area contributed by atoms with Gasteiger partial charge in [0.1, 0.15) is 0 Å². The molecule has 3 saturated heterocycles. The van der Waals surface area contributed by atoms with Crippen molar-refractivity contribution >= 4 is 41.8 Å². The van der Waals surface area contributed by atoms with Crippen molar-refractivity contribution in [2.75, 3.05) is 70.5 Å². The zero-order valence-corrected chi connectivity index (χ0v) is 20.7. The Kier molecular flexibility index (Phi) is 8.70. The molecule has 31 heavy (non-hydrogen) atoms. The maximum atomic E-state index is 12.7. The Morgan fingerprint density at radius 2 is 1.94 bits per heavy atom. The first-order valence-corrected chi connectivity index (χ1v) is 11.1. The lowest BCUT2D eigenvalue weighted by molar-refractivity contribution is -0.131. The monoisotopic (exact) mass is 543 g/mol. The van der Waals surface area contributed by atoms with E-state index in [1.165, 1.54) is 0 Å². The number of halogens is 1. The first-order valence-electron chi connectivity index (χ1n) is 11.1. The molecule has 10 heteroatoms. The standard InChI is InChI=1S/C21H33N7O2.HI/c1-2-22-19(28-10-5-21(16-28)6-15-30-17-21)25-9-4-18(29)26-11-13-27(14-12-26)20-23-7-3-8-24-20;/h3,7-8H,2,4-6,9-17H2,1H3,(H,22,25);1H. The molecule has 0 aromatic carbocycles. The Bertz CT molecular complexity index is 735. The van der Waals surface area contributed by atoms with Gasteiger partial charge in [-0.3, -0.25) is 9.79 Å². The van der Waals surface area contributed by atoms with Crippen LogP contribution < -0.4 is 10.2 Å². The van der Waals surface area contributed by atoms with Gasteiger partial charge in [0, 0.05) is 76.6 Å². The summed E-state index contributed by atoms with van der Waals surface area (Å²) >= 11 is 0. The number of hydrogen-bond acceptors (Lipinski definition) is 6. The van der Waals surface area contributed by atoms with Gasteiger partial charge in [-0.25, -0.2) is 9.97 Å². The highest BCUT2D eigenvalue weighted by Gasteiger charge is 2.42. The summed E-state index contributed by atoms with van der Waals surface area (Å²) in [5.74, 6) is 1.84. The van der Waals surface area contributed by atoms with Gasteiger partial charge in [-0.1, -0.05) is 0 Å². The molecular weight excluding hydrogens is 509 g/mol. The summed E-state index contributed by atoms with van der Waals surface area (Å²) < 4.78 is 5.64. The molecule has 1 aromatic heterocycles. The molecule has 4 heterocycles. The number of guanidine groups is 1. The first kappa shape index (κ1) is 24.0. The summed E-state index contributed by atoms with van der Waals surface area (Å²) in [4.78, 5) is 32.4. The molecule has 9 nitrogen and oxygen atoms in total. The number of rotatable bonds is 5. The lowest BCUT2D eigenvalue weighted by Crippen LogP contribution is -2.49. The van der Waals surface area contributed by atoms with E-state index in [9.17, 15) is 4.79 Å². The molecule has 1 N–H and O–H groups in total. The second-order valence-electron chi connectivity index (χ2n) is 8.38. The molecule has 1 unspecified atom stereocenters. The van der Waals surface area contributed by atoms with E-state index in [1.807, 2.05) is 11.0 Å². The average molecular weight is 543 g/mol. The second-order valence-corrected chi connectivity index (χ2v) is 8.38. The van der Waals surface area contributed by atoms with Gasteiger partial charge >= 0.3 is 0 Å². The van der Waals surface area contributed by atoms with Crippen molar-refractivity contribution in [2.45, 2.75) is 26.2 Å². The number of likely N-dealkylation sites (tertiary alicyclic amines) is 1. The third kappa shape index (κ3) is 5.97. The summed E-state index contributed by atoms with van der Waals surface area (Å²) in [6, 6.07) is 1.81. The van der Waals surface area contributed by atoms with Crippen LogP contribution in [0.15, 0.2) is 23.5 Å². The molecule has 3 aliphatic rings. The number of aromatic nitrogens is 2. The molecule has 3 fully saturated rings. The van der Waals surface area contributed by atoms with Gasteiger partial charge in [0.2, 0.25) is 11.9 Å². The minimum Gasteiger partial charge on any atom is -0.381 e. The van der Waals surface area contributed by atoms with Crippen LogP contribution in [0.1, 0.15) is 26.2 Å². The van der Waals surface area contributed by atoms with Gasteiger partial charge in [-0.2, -0.15) is 0 Å². The van der Waals surface area contributed by atoms with Crippen molar-refractivity contribution in [3.05, 3.63) is 18.5 Å². The number of hydrogen-bond donors (Lipinski definition) is 1. The van der Waals surface area contributed by atoms with Crippen LogP contribution in [-0.4, -0.2) is 97.2 Å². The Balaban J connectivity index is 0.00000272. The molecule has 1 amide bonds. The van der Waals surface area contributed by atoms with E-state index < -0.39 is 0 Å². The third-order valence-electron chi connectivity index (χ3n) is 6.31. The topological polar surface area (TPSA) is 86.2 Å². The summed E-state index contributed by atoms with van der Waals surface area (Å²) in [5.41, 5.74) is 0.300. The number of carbonyl (C=O) groups is 1. The number of nitrogens with one attached hydrogen (secondary N) is 1. The van der Waals surface area contributed by atoms with Gasteiger partial charge in [0.25, 0.3) is 0 Å². The molecule has 0 aliphatic carbocycles. The Morgan fingerprint density at radius 3 is 2.61 bits per heavy atom. The van der Waals surface area contributed by atoms with Crippen LogP contribution in [0.2, 0.25) is 0 Å². The van der Waals surface area contributed by atoms with Crippen LogP contribution >= 0.6 is 24.0 Å². The van der Waals surface area contributed by atoms with E-state index >= 15 is 0 Å². The van der Waals surface area contributed by atoms with Gasteiger partial charge in [0.15, 0.2) is 5.96 Å². The fourth-order valence-corrected chi connectivity index (χ4v) is 4.54. The maximum Gasteiger partial charge on any atom is 0.225 e. The SMILES string of the molecule is CCNC(=NCCC(=O)N1CCN(c2ncccn2)CC1)N1CCC2(CCOC2)C1.I. The Labute approximate surface area is 201 Å². The number of piperazine rings is 1. The number of amides is 1. The fraction of sp³-hybridized carbons (Fsp3) is 0.714. The molecule has 3 aliphatic heterocycles. The summed E-state index contributed by atoms with van der Waals surface area (Å²) in [6.07, 6.45) is 6.25. The normalized spacial score (nSPS) is 23.9. The van der Waals surface area contributed by atoms with E-state index in [4.69, 9.17) is 9.73 Å². The van der Waals surface area contributed by atoms with Crippen LogP contribution in [0.3, 0.4) is 0 Å². The molecular formula is C21H34IN7O2.